The van der Waals surface area contributed by atoms with Gasteiger partial charge < -0.3 is 15.2 Å². The maximum atomic E-state index is 12.9. The number of nitrogens with one attached hydrogen (secondary N) is 2. The summed E-state index contributed by atoms with van der Waals surface area (Å²) in [4.78, 5) is 18.0. The molecule has 0 saturated heterocycles. The summed E-state index contributed by atoms with van der Waals surface area (Å²) < 4.78 is 0. The Morgan fingerprint density at radius 3 is 2.47 bits per heavy atom. The van der Waals surface area contributed by atoms with Crippen molar-refractivity contribution in [2.24, 2.45) is 0 Å². The maximum absolute atomic E-state index is 12.9. The van der Waals surface area contributed by atoms with E-state index in [0.29, 0.717) is 23.8 Å². The van der Waals surface area contributed by atoms with Gasteiger partial charge in [-0.2, -0.15) is 0 Å². The second-order valence-corrected chi connectivity index (χ2v) is 8.33. The number of hydrogen-bond acceptors (Lipinski definition) is 2. The molecule has 0 radical (unpaired) electrons. The Balaban J connectivity index is 1.66. The van der Waals surface area contributed by atoms with Gasteiger partial charge in [-0.1, -0.05) is 73.7 Å². The molecule has 1 aromatic heterocycles. The van der Waals surface area contributed by atoms with E-state index in [1.807, 2.05) is 72.5 Å². The van der Waals surface area contributed by atoms with E-state index in [-0.39, 0.29) is 5.56 Å². The van der Waals surface area contributed by atoms with E-state index in [2.05, 4.69) is 35.4 Å². The topological polar surface area (TPSA) is 48.1 Å². The van der Waals surface area contributed by atoms with Crippen molar-refractivity contribution in [2.45, 2.75) is 33.4 Å². The van der Waals surface area contributed by atoms with E-state index in [0.717, 1.165) is 34.1 Å². The molecule has 0 saturated carbocycles. The molecule has 1 heterocycles. The Bertz CT molecular complexity index is 1300. The molecule has 0 bridgehead atoms. The minimum atomic E-state index is -0.0818. The third-order valence-corrected chi connectivity index (χ3v) is 6.03. The second kappa shape index (κ2) is 9.79. The summed E-state index contributed by atoms with van der Waals surface area (Å²) in [7, 11) is 0. The van der Waals surface area contributed by atoms with Crippen LogP contribution in [0.15, 0.2) is 83.7 Å². The summed E-state index contributed by atoms with van der Waals surface area (Å²) >= 11 is 5.83. The first-order valence-electron chi connectivity index (χ1n) is 10.8. The van der Waals surface area contributed by atoms with E-state index >= 15 is 0 Å². The monoisotopic (exact) mass is 441 g/mol. The summed E-state index contributed by atoms with van der Waals surface area (Å²) in [5.41, 5.74) is 5.88. The van der Waals surface area contributed by atoms with Crippen molar-refractivity contribution >= 4 is 33.9 Å². The Morgan fingerprint density at radius 2 is 1.69 bits per heavy atom. The third kappa shape index (κ3) is 4.89. The van der Waals surface area contributed by atoms with Crippen molar-refractivity contribution in [1.82, 2.24) is 9.88 Å². The summed E-state index contributed by atoms with van der Waals surface area (Å²) in [6.45, 7) is 5.15. The van der Waals surface area contributed by atoms with Gasteiger partial charge in [-0.25, -0.2) is 0 Å². The van der Waals surface area contributed by atoms with Crippen molar-refractivity contribution in [1.29, 1.82) is 0 Å². The van der Waals surface area contributed by atoms with E-state index in [4.69, 9.17) is 12.2 Å². The smallest absolute Gasteiger partial charge is 0.253 e. The fourth-order valence-corrected chi connectivity index (χ4v) is 4.14. The van der Waals surface area contributed by atoms with Gasteiger partial charge in [-0.3, -0.25) is 4.79 Å². The fraction of sp³-hybridized carbons (Fsp3) is 0.185. The lowest BCUT2D eigenvalue weighted by atomic mass is 10.1. The van der Waals surface area contributed by atoms with Crippen LogP contribution >= 0.6 is 12.2 Å². The quantitative estimate of drug-likeness (QED) is 0.371. The van der Waals surface area contributed by atoms with Gasteiger partial charge in [-0.05, 0) is 59.8 Å². The highest BCUT2D eigenvalue weighted by molar-refractivity contribution is 7.80. The van der Waals surface area contributed by atoms with Crippen LogP contribution in [0.1, 0.15) is 29.2 Å². The molecule has 0 atom stereocenters. The zero-order valence-corrected chi connectivity index (χ0v) is 19.2. The molecule has 2 N–H and O–H groups in total. The fourth-order valence-electron chi connectivity index (χ4n) is 3.90. The predicted molar refractivity (Wildman–Crippen MR) is 137 cm³/mol. The molecule has 0 spiro atoms. The first-order valence-corrected chi connectivity index (χ1v) is 11.2. The SMILES string of the molecule is CCc1ccccc1NC(=S)N(Cc1ccccc1)Cc1cc2cccc(C)c2[nH]c1=O. The number of anilines is 1. The van der Waals surface area contributed by atoms with Gasteiger partial charge in [0.25, 0.3) is 5.56 Å². The van der Waals surface area contributed by atoms with E-state index in [9.17, 15) is 4.79 Å². The molecule has 0 amide bonds. The highest BCUT2D eigenvalue weighted by Gasteiger charge is 2.15. The second-order valence-electron chi connectivity index (χ2n) is 7.95. The van der Waals surface area contributed by atoms with E-state index < -0.39 is 0 Å². The summed E-state index contributed by atoms with van der Waals surface area (Å²) in [5, 5.41) is 5.03. The number of pyridine rings is 1. The molecule has 4 nitrogen and oxygen atoms in total. The summed E-state index contributed by atoms with van der Waals surface area (Å²) in [5.74, 6) is 0. The standard InChI is InChI=1S/C27H27N3OS/c1-3-21-13-7-8-15-24(21)28-27(32)30(17-20-11-5-4-6-12-20)18-23-16-22-14-9-10-19(2)25(22)29-26(23)31/h4-16H,3,17-18H2,1-2H3,(H,28,32)(H,29,31). The van der Waals surface area contributed by atoms with Crippen LogP contribution in [0, 0.1) is 6.92 Å². The highest BCUT2D eigenvalue weighted by Crippen LogP contribution is 2.19. The van der Waals surface area contributed by atoms with Gasteiger partial charge in [0, 0.05) is 17.8 Å². The molecule has 0 aliphatic carbocycles. The molecular weight excluding hydrogens is 414 g/mol. The lowest BCUT2D eigenvalue weighted by Gasteiger charge is -2.27. The minimum absolute atomic E-state index is 0.0818. The average Bonchev–Trinajstić information content (AvgIpc) is 2.81. The zero-order chi connectivity index (χ0) is 22.5. The molecule has 4 aromatic rings. The van der Waals surface area contributed by atoms with Gasteiger partial charge in [0.1, 0.15) is 0 Å². The molecule has 5 heteroatoms. The molecule has 3 aromatic carbocycles. The molecule has 0 aliphatic rings. The van der Waals surface area contributed by atoms with Crippen LogP contribution in [0.3, 0.4) is 0 Å². The number of rotatable bonds is 6. The maximum Gasteiger partial charge on any atom is 0.253 e. The average molecular weight is 442 g/mol. The predicted octanol–water partition coefficient (Wildman–Crippen LogP) is 5.80. The number of aromatic amines is 1. The van der Waals surface area contributed by atoms with Crippen molar-refractivity contribution in [3.63, 3.8) is 0 Å². The first kappa shape index (κ1) is 21.8. The normalized spacial score (nSPS) is 10.8. The molecule has 0 aliphatic heterocycles. The van der Waals surface area contributed by atoms with Crippen molar-refractivity contribution in [2.75, 3.05) is 5.32 Å². The Morgan fingerprint density at radius 1 is 0.938 bits per heavy atom. The van der Waals surface area contributed by atoms with E-state index in [1.165, 1.54) is 5.56 Å². The third-order valence-electron chi connectivity index (χ3n) is 5.67. The number of aryl methyl sites for hydroxylation is 2. The van der Waals surface area contributed by atoms with Gasteiger partial charge in [-0.15, -0.1) is 0 Å². The van der Waals surface area contributed by atoms with Crippen LogP contribution in [0.2, 0.25) is 0 Å². The number of hydrogen-bond donors (Lipinski definition) is 2. The van der Waals surface area contributed by atoms with Gasteiger partial charge >= 0.3 is 0 Å². The summed E-state index contributed by atoms with van der Waals surface area (Å²) in [6, 6.07) is 26.4. The van der Waals surface area contributed by atoms with Gasteiger partial charge in [0.15, 0.2) is 5.11 Å². The molecule has 162 valence electrons. The van der Waals surface area contributed by atoms with Crippen LogP contribution in [-0.4, -0.2) is 15.0 Å². The Kier molecular flexibility index (Phi) is 6.66. The highest BCUT2D eigenvalue weighted by atomic mass is 32.1. The van der Waals surface area contributed by atoms with Crippen molar-refractivity contribution in [3.05, 3.63) is 111 Å². The largest absolute Gasteiger partial charge is 0.340 e. The Labute approximate surface area is 193 Å². The van der Waals surface area contributed by atoms with Gasteiger partial charge in [0.05, 0.1) is 12.1 Å². The van der Waals surface area contributed by atoms with Crippen molar-refractivity contribution < 1.29 is 0 Å². The Hall–Kier alpha value is -3.44. The molecule has 0 fully saturated rings. The number of para-hydroxylation sites is 2. The first-order chi connectivity index (χ1) is 15.5. The number of fused-ring (bicyclic) bond motifs is 1. The number of thiocarbonyl (C=S) groups is 1. The summed E-state index contributed by atoms with van der Waals surface area (Å²) in [6.07, 6.45) is 0.911. The number of nitrogens with zero attached hydrogens (tertiary/aromatic N) is 1. The number of H-pyrrole nitrogens is 1. The van der Waals surface area contributed by atoms with Crippen LogP contribution in [0.25, 0.3) is 10.9 Å². The van der Waals surface area contributed by atoms with Crippen LogP contribution in [0.5, 0.6) is 0 Å². The molecule has 0 unspecified atom stereocenters. The zero-order valence-electron chi connectivity index (χ0n) is 18.4. The van der Waals surface area contributed by atoms with E-state index in [1.54, 1.807) is 0 Å². The number of aromatic nitrogens is 1. The minimum Gasteiger partial charge on any atom is -0.340 e. The lowest BCUT2D eigenvalue weighted by molar-refractivity contribution is 0.411. The molecular formula is C27H27N3OS. The molecule has 32 heavy (non-hydrogen) atoms. The van der Waals surface area contributed by atoms with Crippen LogP contribution < -0.4 is 10.9 Å². The lowest BCUT2D eigenvalue weighted by Crippen LogP contribution is -2.35. The number of benzene rings is 3. The van der Waals surface area contributed by atoms with Crippen LogP contribution in [0.4, 0.5) is 5.69 Å². The van der Waals surface area contributed by atoms with Crippen molar-refractivity contribution in [3.8, 4) is 0 Å². The van der Waals surface area contributed by atoms with Gasteiger partial charge in [0.2, 0.25) is 0 Å². The molecule has 4 rings (SSSR count). The van der Waals surface area contributed by atoms with Crippen LogP contribution in [-0.2, 0) is 19.5 Å².